The molecule has 39 heavy (non-hydrogen) atoms. The standard InChI is InChI=1S/C25H15ClF4N6O2S/c26-20-19(8-9-32-22(20)31)38-18-7-6-14(10-16(18)27)34-23(37)15-11-33-36(21(15)25(28,29)30)24-35-17(12-39-24)13-4-2-1-3-5-13/h1-12H,(H2,31,32)(H,34,37). The van der Waals surface area contributed by atoms with Gasteiger partial charge in [0, 0.05) is 35.0 Å². The van der Waals surface area contributed by atoms with E-state index < -0.39 is 29.2 Å². The van der Waals surface area contributed by atoms with E-state index in [9.17, 15) is 22.4 Å². The maximum atomic E-state index is 14.7. The van der Waals surface area contributed by atoms with Crippen LogP contribution < -0.4 is 15.8 Å². The number of nitrogens with one attached hydrogen (secondary N) is 1. The van der Waals surface area contributed by atoms with Crippen molar-refractivity contribution in [1.29, 1.82) is 0 Å². The van der Waals surface area contributed by atoms with Crippen LogP contribution in [0.4, 0.5) is 29.1 Å². The maximum Gasteiger partial charge on any atom is 0.434 e. The van der Waals surface area contributed by atoms with Crippen molar-refractivity contribution in [3.05, 3.63) is 94.5 Å². The van der Waals surface area contributed by atoms with Crippen LogP contribution in [0.25, 0.3) is 16.4 Å². The summed E-state index contributed by atoms with van der Waals surface area (Å²) in [6, 6.07) is 13.6. The normalized spacial score (nSPS) is 11.4. The van der Waals surface area contributed by atoms with Gasteiger partial charge < -0.3 is 15.8 Å². The number of aromatic nitrogens is 4. The molecule has 198 valence electrons. The number of nitrogen functional groups attached to an aromatic ring is 1. The number of thiazole rings is 1. The Bertz CT molecular complexity index is 1670. The number of alkyl halides is 3. The average molecular weight is 575 g/mol. The smallest absolute Gasteiger partial charge is 0.434 e. The molecule has 14 heteroatoms. The number of amides is 1. The topological polar surface area (TPSA) is 108 Å². The van der Waals surface area contributed by atoms with Gasteiger partial charge in [0.05, 0.1) is 17.5 Å². The van der Waals surface area contributed by atoms with Crippen LogP contribution in [0.5, 0.6) is 11.5 Å². The molecule has 0 fully saturated rings. The van der Waals surface area contributed by atoms with E-state index in [1.807, 2.05) is 0 Å². The van der Waals surface area contributed by atoms with Gasteiger partial charge in [0.2, 0.25) is 5.13 Å². The van der Waals surface area contributed by atoms with Gasteiger partial charge in [-0.3, -0.25) is 4.79 Å². The van der Waals surface area contributed by atoms with Gasteiger partial charge in [-0.05, 0) is 12.1 Å². The van der Waals surface area contributed by atoms with Crippen LogP contribution in [0.15, 0.2) is 72.4 Å². The van der Waals surface area contributed by atoms with E-state index >= 15 is 0 Å². The van der Waals surface area contributed by atoms with Crippen molar-refractivity contribution in [2.45, 2.75) is 6.18 Å². The molecule has 0 bridgehead atoms. The molecule has 0 aliphatic heterocycles. The predicted octanol–water partition coefficient (Wildman–Crippen LogP) is 6.83. The first-order chi connectivity index (χ1) is 18.6. The Labute approximate surface area is 226 Å². The molecule has 5 aromatic rings. The summed E-state index contributed by atoms with van der Waals surface area (Å²) in [4.78, 5) is 20.9. The molecular weight excluding hydrogens is 560 g/mol. The predicted molar refractivity (Wildman–Crippen MR) is 138 cm³/mol. The van der Waals surface area contributed by atoms with Gasteiger partial charge in [-0.1, -0.05) is 41.9 Å². The highest BCUT2D eigenvalue weighted by atomic mass is 35.5. The van der Waals surface area contributed by atoms with Crippen molar-refractivity contribution < 1.29 is 27.1 Å². The summed E-state index contributed by atoms with van der Waals surface area (Å²) in [5, 5.41) is 7.52. The molecule has 0 radical (unpaired) electrons. The summed E-state index contributed by atoms with van der Waals surface area (Å²) in [6.07, 6.45) is -2.85. The summed E-state index contributed by atoms with van der Waals surface area (Å²) < 4.78 is 62.9. The third kappa shape index (κ3) is 5.40. The van der Waals surface area contributed by atoms with Crippen LogP contribution in [0.1, 0.15) is 16.1 Å². The van der Waals surface area contributed by atoms with Gasteiger partial charge in [0.1, 0.15) is 10.8 Å². The Balaban J connectivity index is 1.40. The number of carbonyl (C=O) groups is 1. The Morgan fingerprint density at radius 3 is 2.59 bits per heavy atom. The molecule has 0 saturated heterocycles. The number of hydrogen-bond donors (Lipinski definition) is 2. The number of hydrogen-bond acceptors (Lipinski definition) is 7. The molecule has 0 aliphatic carbocycles. The number of pyridine rings is 1. The first kappa shape index (κ1) is 26.1. The molecule has 8 nitrogen and oxygen atoms in total. The molecule has 1 amide bonds. The lowest BCUT2D eigenvalue weighted by Crippen LogP contribution is -2.20. The maximum absolute atomic E-state index is 14.7. The molecule has 0 aliphatic rings. The van der Waals surface area contributed by atoms with Crippen LogP contribution in [0, 0.1) is 5.82 Å². The Kier molecular flexibility index (Phi) is 6.93. The Morgan fingerprint density at radius 2 is 1.87 bits per heavy atom. The lowest BCUT2D eigenvalue weighted by molar-refractivity contribution is -0.143. The van der Waals surface area contributed by atoms with Gasteiger partial charge in [0.15, 0.2) is 23.0 Å². The minimum atomic E-state index is -4.95. The summed E-state index contributed by atoms with van der Waals surface area (Å²) in [6.45, 7) is 0. The molecular formula is C25H15ClF4N6O2S. The second-order valence-corrected chi connectivity index (χ2v) is 9.12. The SMILES string of the molecule is Nc1nccc(Oc2ccc(NC(=O)c3cnn(-c4nc(-c5ccccc5)cs4)c3C(F)(F)F)cc2F)c1Cl. The number of nitrogens with zero attached hydrogens (tertiary/aromatic N) is 4. The lowest BCUT2D eigenvalue weighted by Gasteiger charge is -2.12. The summed E-state index contributed by atoms with van der Waals surface area (Å²) >= 11 is 6.93. The zero-order chi connectivity index (χ0) is 27.7. The molecule has 5 rings (SSSR count). The third-order valence-electron chi connectivity index (χ3n) is 5.32. The molecule has 3 heterocycles. The van der Waals surface area contributed by atoms with Gasteiger partial charge >= 0.3 is 6.18 Å². The fourth-order valence-corrected chi connectivity index (χ4v) is 4.48. The van der Waals surface area contributed by atoms with Crippen LogP contribution >= 0.6 is 22.9 Å². The molecule has 3 aromatic heterocycles. The van der Waals surface area contributed by atoms with Crippen molar-refractivity contribution in [2.75, 3.05) is 11.1 Å². The van der Waals surface area contributed by atoms with E-state index in [1.54, 1.807) is 35.7 Å². The minimum Gasteiger partial charge on any atom is -0.453 e. The van der Waals surface area contributed by atoms with E-state index in [2.05, 4.69) is 20.4 Å². The van der Waals surface area contributed by atoms with Crippen molar-refractivity contribution in [1.82, 2.24) is 19.7 Å². The largest absolute Gasteiger partial charge is 0.453 e. The number of ether oxygens (including phenoxy) is 1. The highest BCUT2D eigenvalue weighted by molar-refractivity contribution is 7.12. The van der Waals surface area contributed by atoms with Crippen molar-refractivity contribution in [3.63, 3.8) is 0 Å². The molecule has 0 spiro atoms. The fraction of sp³-hybridized carbons (Fsp3) is 0.0400. The molecule has 0 atom stereocenters. The zero-order valence-electron chi connectivity index (χ0n) is 19.4. The molecule has 0 unspecified atom stereocenters. The van der Waals surface area contributed by atoms with Crippen molar-refractivity contribution in [2.24, 2.45) is 0 Å². The van der Waals surface area contributed by atoms with Crippen LogP contribution in [-0.4, -0.2) is 25.7 Å². The van der Waals surface area contributed by atoms with Gasteiger partial charge in [-0.25, -0.2) is 19.0 Å². The van der Waals surface area contributed by atoms with Gasteiger partial charge in [0.25, 0.3) is 5.91 Å². The van der Waals surface area contributed by atoms with E-state index in [0.717, 1.165) is 23.6 Å². The van der Waals surface area contributed by atoms with Crippen molar-refractivity contribution in [3.8, 4) is 27.9 Å². The number of nitrogens with two attached hydrogens (primary N) is 1. The van der Waals surface area contributed by atoms with E-state index in [0.29, 0.717) is 15.9 Å². The fourth-order valence-electron chi connectivity index (χ4n) is 3.53. The van der Waals surface area contributed by atoms with E-state index in [4.69, 9.17) is 22.1 Å². The van der Waals surface area contributed by atoms with Crippen molar-refractivity contribution >= 4 is 40.4 Å². The van der Waals surface area contributed by atoms with Crippen LogP contribution in [0.2, 0.25) is 5.02 Å². The number of rotatable bonds is 6. The zero-order valence-corrected chi connectivity index (χ0v) is 21.0. The third-order valence-corrected chi connectivity index (χ3v) is 6.51. The minimum absolute atomic E-state index is 0.0199. The molecule has 2 aromatic carbocycles. The number of halogens is 5. The van der Waals surface area contributed by atoms with E-state index in [1.165, 1.54) is 24.4 Å². The lowest BCUT2D eigenvalue weighted by atomic mass is 10.2. The summed E-state index contributed by atoms with van der Waals surface area (Å²) in [5.41, 5.74) is 4.57. The average Bonchev–Trinajstić information content (AvgIpc) is 3.56. The van der Waals surface area contributed by atoms with E-state index in [-0.39, 0.29) is 33.2 Å². The monoisotopic (exact) mass is 574 g/mol. The highest BCUT2D eigenvalue weighted by Gasteiger charge is 2.41. The second-order valence-electron chi connectivity index (χ2n) is 7.91. The Morgan fingerprint density at radius 1 is 1.10 bits per heavy atom. The second kappa shape index (κ2) is 10.3. The number of carbonyl (C=O) groups excluding carboxylic acids is 1. The number of anilines is 2. The Hall–Kier alpha value is -4.49. The first-order valence-electron chi connectivity index (χ1n) is 11.0. The summed E-state index contributed by atoms with van der Waals surface area (Å²) in [5.74, 6) is -2.30. The van der Waals surface area contributed by atoms with Crippen LogP contribution in [-0.2, 0) is 6.18 Å². The molecule has 0 saturated carbocycles. The number of benzene rings is 2. The van der Waals surface area contributed by atoms with Gasteiger partial charge in [-0.15, -0.1) is 11.3 Å². The first-order valence-corrected chi connectivity index (χ1v) is 12.2. The van der Waals surface area contributed by atoms with Crippen LogP contribution in [0.3, 0.4) is 0 Å². The highest BCUT2D eigenvalue weighted by Crippen LogP contribution is 2.36. The van der Waals surface area contributed by atoms with Gasteiger partial charge in [-0.2, -0.15) is 18.3 Å². The quantitative estimate of drug-likeness (QED) is 0.215. The molecule has 3 N–H and O–H groups in total. The summed E-state index contributed by atoms with van der Waals surface area (Å²) in [7, 11) is 0.